The van der Waals surface area contributed by atoms with Crippen LogP contribution in [0.2, 0.25) is 0 Å². The fourth-order valence-corrected chi connectivity index (χ4v) is 8.78. The van der Waals surface area contributed by atoms with Crippen molar-refractivity contribution in [1.82, 2.24) is 0 Å². The van der Waals surface area contributed by atoms with Crippen molar-refractivity contribution in [3.63, 3.8) is 0 Å². The maximum Gasteiger partial charge on any atom is 0.0540 e. The normalized spacial score (nSPS) is 12.6. The molecule has 0 saturated heterocycles. The van der Waals surface area contributed by atoms with Crippen molar-refractivity contribution in [3.05, 3.63) is 241 Å². The van der Waals surface area contributed by atoms with E-state index in [1.54, 1.807) is 0 Å². The number of fused-ring (bicyclic) bond motifs is 4. The monoisotopic (exact) mass is 756 g/mol. The Morgan fingerprint density at radius 2 is 0.831 bits per heavy atom. The fourth-order valence-electron chi connectivity index (χ4n) is 8.78. The molecule has 0 aromatic heterocycles. The molecule has 2 heteroatoms. The van der Waals surface area contributed by atoms with Gasteiger partial charge in [-0.25, -0.2) is 0 Å². The molecule has 0 unspecified atom stereocenters. The fraction of sp³-hybridized carbons (Fsp3) is 0.0526. The second-order valence-electron chi connectivity index (χ2n) is 15.8. The van der Waals surface area contributed by atoms with E-state index in [2.05, 4.69) is 254 Å². The van der Waals surface area contributed by atoms with Crippen molar-refractivity contribution in [2.24, 2.45) is 0 Å². The van der Waals surface area contributed by atoms with Gasteiger partial charge in [0.05, 0.1) is 5.69 Å². The minimum Gasteiger partial charge on any atom is -0.310 e. The Hall–Kier alpha value is -7.42. The zero-order valence-electron chi connectivity index (χ0n) is 33.3. The molecule has 0 N–H and O–H groups in total. The van der Waals surface area contributed by atoms with E-state index in [-0.39, 0.29) is 5.41 Å². The SMILES string of the molecule is CC1(C)c2cc(/C=C/c3ccc(N(c4ccc(-c5ccccc5)cc4)c4cccc5ccccc45)cc3)ccc2-c2ccc(N(c3ccccc3)c3ccccc3)cc21. The van der Waals surface area contributed by atoms with E-state index in [1.165, 1.54) is 49.7 Å². The smallest absolute Gasteiger partial charge is 0.0540 e. The summed E-state index contributed by atoms with van der Waals surface area (Å²) in [5.41, 5.74) is 16.8. The van der Waals surface area contributed by atoms with Gasteiger partial charge in [-0.3, -0.25) is 0 Å². The number of rotatable bonds is 9. The van der Waals surface area contributed by atoms with Gasteiger partial charge in [-0.1, -0.05) is 178 Å². The van der Waals surface area contributed by atoms with Crippen LogP contribution in [-0.4, -0.2) is 0 Å². The molecule has 0 amide bonds. The highest BCUT2D eigenvalue weighted by Crippen LogP contribution is 2.51. The average molecular weight is 757 g/mol. The summed E-state index contributed by atoms with van der Waals surface area (Å²) in [5, 5.41) is 2.44. The number of hydrogen-bond donors (Lipinski definition) is 0. The number of benzene rings is 9. The quantitative estimate of drug-likeness (QED) is 0.135. The third-order valence-electron chi connectivity index (χ3n) is 11.8. The van der Waals surface area contributed by atoms with Crippen molar-refractivity contribution < 1.29 is 0 Å². The first-order chi connectivity index (χ1) is 29.0. The lowest BCUT2D eigenvalue weighted by Gasteiger charge is -2.28. The van der Waals surface area contributed by atoms with Gasteiger partial charge >= 0.3 is 0 Å². The van der Waals surface area contributed by atoms with E-state index >= 15 is 0 Å². The highest BCUT2D eigenvalue weighted by molar-refractivity contribution is 5.99. The molecule has 0 spiro atoms. The van der Waals surface area contributed by atoms with Gasteiger partial charge in [-0.05, 0) is 117 Å². The van der Waals surface area contributed by atoms with E-state index in [9.17, 15) is 0 Å². The summed E-state index contributed by atoms with van der Waals surface area (Å²) in [5.74, 6) is 0. The van der Waals surface area contributed by atoms with Crippen LogP contribution in [0, 0.1) is 0 Å². The third kappa shape index (κ3) is 6.79. The molecule has 0 atom stereocenters. The molecule has 1 aliphatic rings. The highest BCUT2D eigenvalue weighted by Gasteiger charge is 2.36. The molecule has 9 aromatic carbocycles. The summed E-state index contributed by atoms with van der Waals surface area (Å²) in [7, 11) is 0. The Kier molecular flexibility index (Phi) is 9.24. The van der Waals surface area contributed by atoms with Crippen LogP contribution in [0.5, 0.6) is 0 Å². The summed E-state index contributed by atoms with van der Waals surface area (Å²) in [6.45, 7) is 4.72. The van der Waals surface area contributed by atoms with Crippen LogP contribution < -0.4 is 9.80 Å². The van der Waals surface area contributed by atoms with Crippen molar-refractivity contribution >= 4 is 57.0 Å². The maximum absolute atomic E-state index is 2.39. The van der Waals surface area contributed by atoms with E-state index in [0.717, 1.165) is 39.7 Å². The highest BCUT2D eigenvalue weighted by atomic mass is 15.1. The lowest BCUT2D eigenvalue weighted by Crippen LogP contribution is -2.16. The first-order valence-electron chi connectivity index (χ1n) is 20.4. The minimum atomic E-state index is -0.157. The number of nitrogens with zero attached hydrogens (tertiary/aromatic N) is 2. The van der Waals surface area contributed by atoms with Gasteiger partial charge in [0.1, 0.15) is 0 Å². The van der Waals surface area contributed by atoms with Gasteiger partial charge in [-0.15, -0.1) is 0 Å². The third-order valence-corrected chi connectivity index (χ3v) is 11.8. The van der Waals surface area contributed by atoms with Gasteiger partial charge in [0.25, 0.3) is 0 Å². The Morgan fingerprint density at radius 1 is 0.356 bits per heavy atom. The van der Waals surface area contributed by atoms with Gasteiger partial charge < -0.3 is 9.80 Å². The molecule has 9 aromatic rings. The van der Waals surface area contributed by atoms with Crippen molar-refractivity contribution in [2.45, 2.75) is 19.3 Å². The summed E-state index contributed by atoms with van der Waals surface area (Å²) < 4.78 is 0. The van der Waals surface area contributed by atoms with E-state index in [4.69, 9.17) is 0 Å². The van der Waals surface area contributed by atoms with Crippen molar-refractivity contribution in [1.29, 1.82) is 0 Å². The average Bonchev–Trinajstić information content (AvgIpc) is 3.52. The zero-order valence-corrected chi connectivity index (χ0v) is 33.3. The van der Waals surface area contributed by atoms with Crippen LogP contribution in [0.1, 0.15) is 36.1 Å². The molecular formula is C57H44N2. The molecule has 0 heterocycles. The Morgan fingerprint density at radius 3 is 1.51 bits per heavy atom. The van der Waals surface area contributed by atoms with Crippen molar-refractivity contribution in [3.8, 4) is 22.3 Å². The summed E-state index contributed by atoms with van der Waals surface area (Å²) in [4.78, 5) is 4.72. The zero-order chi connectivity index (χ0) is 39.8. The van der Waals surface area contributed by atoms with E-state index in [1.807, 2.05) is 0 Å². The van der Waals surface area contributed by atoms with Crippen molar-refractivity contribution in [2.75, 3.05) is 9.80 Å². The molecule has 0 saturated carbocycles. The first kappa shape index (κ1) is 36.0. The van der Waals surface area contributed by atoms with Crippen LogP contribution in [0.3, 0.4) is 0 Å². The molecule has 2 nitrogen and oxygen atoms in total. The second kappa shape index (κ2) is 15.2. The van der Waals surface area contributed by atoms with Crippen LogP contribution in [-0.2, 0) is 5.41 Å². The van der Waals surface area contributed by atoms with Gasteiger partial charge in [-0.2, -0.15) is 0 Å². The molecule has 0 bridgehead atoms. The maximum atomic E-state index is 2.39. The van der Waals surface area contributed by atoms with Gasteiger partial charge in [0, 0.05) is 39.2 Å². The molecule has 10 rings (SSSR count). The summed E-state index contributed by atoms with van der Waals surface area (Å²) in [6, 6.07) is 78.8. The number of hydrogen-bond acceptors (Lipinski definition) is 2. The van der Waals surface area contributed by atoms with E-state index in [0.29, 0.717) is 0 Å². The second-order valence-corrected chi connectivity index (χ2v) is 15.8. The minimum absolute atomic E-state index is 0.157. The molecule has 59 heavy (non-hydrogen) atoms. The molecular weight excluding hydrogens is 713 g/mol. The van der Waals surface area contributed by atoms with E-state index < -0.39 is 0 Å². The van der Waals surface area contributed by atoms with Crippen LogP contribution in [0.15, 0.2) is 218 Å². The Bertz CT molecular complexity index is 2890. The van der Waals surface area contributed by atoms with Gasteiger partial charge in [0.15, 0.2) is 0 Å². The molecule has 1 aliphatic carbocycles. The van der Waals surface area contributed by atoms with Crippen LogP contribution >= 0.6 is 0 Å². The lowest BCUT2D eigenvalue weighted by molar-refractivity contribution is 0.660. The number of para-hydroxylation sites is 2. The Balaban J connectivity index is 0.943. The lowest BCUT2D eigenvalue weighted by atomic mass is 9.81. The molecule has 282 valence electrons. The first-order valence-corrected chi connectivity index (χ1v) is 20.4. The topological polar surface area (TPSA) is 6.48 Å². The van der Waals surface area contributed by atoms with Crippen LogP contribution in [0.4, 0.5) is 34.1 Å². The van der Waals surface area contributed by atoms with Crippen LogP contribution in [0.25, 0.3) is 45.2 Å². The predicted molar refractivity (Wildman–Crippen MR) is 252 cm³/mol. The molecule has 0 radical (unpaired) electrons. The predicted octanol–water partition coefficient (Wildman–Crippen LogP) is 15.9. The largest absolute Gasteiger partial charge is 0.310 e. The Labute approximate surface area is 347 Å². The molecule has 0 aliphatic heterocycles. The standard InChI is InChI=1S/C57H44N2/c1-57(2)54-39-42(29-37-52(54)53-38-36-50(40-55(53)57)58(46-19-8-4-9-20-46)47-21-10-5-11-22-47)26-25-41-27-32-48(33-28-41)59(56-24-14-18-45-17-12-13-23-51(45)56)49-34-30-44(31-35-49)43-15-6-3-7-16-43/h3-40H,1-2H3/b26-25+. The summed E-state index contributed by atoms with van der Waals surface area (Å²) in [6.07, 6.45) is 4.48. The number of anilines is 6. The van der Waals surface area contributed by atoms with Gasteiger partial charge in [0.2, 0.25) is 0 Å². The molecule has 0 fully saturated rings. The summed E-state index contributed by atoms with van der Waals surface area (Å²) >= 11 is 0.